The van der Waals surface area contributed by atoms with E-state index in [0.29, 0.717) is 11.9 Å². The van der Waals surface area contributed by atoms with E-state index >= 15 is 0 Å². The Morgan fingerprint density at radius 2 is 2.04 bits per heavy atom. The molecular weight excluding hydrogens is 316 g/mol. The lowest BCUT2D eigenvalue weighted by Crippen LogP contribution is -2.38. The van der Waals surface area contributed by atoms with Crippen molar-refractivity contribution in [1.29, 1.82) is 0 Å². The first-order chi connectivity index (χ1) is 12.2. The van der Waals surface area contributed by atoms with Crippen LogP contribution in [0.2, 0.25) is 0 Å². The normalized spacial score (nSPS) is 18.8. The summed E-state index contributed by atoms with van der Waals surface area (Å²) in [5.41, 5.74) is 1.16. The maximum atomic E-state index is 12.5. The molecule has 7 heteroatoms. The molecule has 0 aromatic carbocycles. The van der Waals surface area contributed by atoms with Gasteiger partial charge in [-0.15, -0.1) is 5.10 Å². The average molecular weight is 340 g/mol. The summed E-state index contributed by atoms with van der Waals surface area (Å²) >= 11 is 0. The van der Waals surface area contributed by atoms with Gasteiger partial charge in [-0.1, -0.05) is 12.5 Å². The molecule has 0 bridgehead atoms. The lowest BCUT2D eigenvalue weighted by Gasteiger charge is -2.32. The van der Waals surface area contributed by atoms with Crippen molar-refractivity contribution < 1.29 is 4.79 Å². The Kier molecular flexibility index (Phi) is 4.38. The largest absolute Gasteiger partial charge is 0.357 e. The molecule has 2 N–H and O–H groups in total. The third-order valence-corrected chi connectivity index (χ3v) is 5.32. The van der Waals surface area contributed by atoms with Crippen LogP contribution in [0.1, 0.15) is 49.4 Å². The smallest absolute Gasteiger partial charge is 0.248 e. The molecule has 7 nitrogen and oxygen atoms in total. The van der Waals surface area contributed by atoms with Crippen LogP contribution in [0.5, 0.6) is 0 Å². The number of hydrogen-bond acceptors (Lipinski definition) is 5. The molecule has 1 aliphatic heterocycles. The molecule has 1 saturated heterocycles. The van der Waals surface area contributed by atoms with Gasteiger partial charge in [0.25, 0.3) is 0 Å². The van der Waals surface area contributed by atoms with Gasteiger partial charge in [0.2, 0.25) is 11.9 Å². The van der Waals surface area contributed by atoms with Crippen LogP contribution in [0.15, 0.2) is 18.3 Å². The van der Waals surface area contributed by atoms with E-state index in [1.807, 2.05) is 19.2 Å². The van der Waals surface area contributed by atoms with Crippen molar-refractivity contribution in [3.8, 4) is 0 Å². The van der Waals surface area contributed by atoms with Gasteiger partial charge < -0.3 is 4.90 Å². The van der Waals surface area contributed by atoms with Crippen molar-refractivity contribution in [3.63, 3.8) is 0 Å². The number of aromatic amines is 1. The molecule has 0 spiro atoms. The summed E-state index contributed by atoms with van der Waals surface area (Å²) in [6, 6.07) is 4.12. The minimum absolute atomic E-state index is 0.00681. The number of pyridine rings is 1. The first-order valence-corrected chi connectivity index (χ1v) is 9.10. The average Bonchev–Trinajstić information content (AvgIpc) is 3.02. The molecule has 2 fully saturated rings. The number of amides is 1. The SMILES string of the molecule is Cc1ccc(N2CCC(C(=O)Nc3n[nH]c(C4CCC4)n3)CC2)nc1. The highest BCUT2D eigenvalue weighted by atomic mass is 16.2. The van der Waals surface area contributed by atoms with E-state index in [0.717, 1.165) is 56.0 Å². The lowest BCUT2D eigenvalue weighted by molar-refractivity contribution is -0.120. The summed E-state index contributed by atoms with van der Waals surface area (Å²) in [7, 11) is 0. The molecule has 132 valence electrons. The third kappa shape index (κ3) is 3.50. The molecule has 1 aliphatic carbocycles. The minimum atomic E-state index is 0.00681. The highest BCUT2D eigenvalue weighted by molar-refractivity contribution is 5.91. The zero-order chi connectivity index (χ0) is 17.2. The first-order valence-electron chi connectivity index (χ1n) is 9.10. The van der Waals surface area contributed by atoms with Gasteiger partial charge in [-0.05, 0) is 44.2 Å². The van der Waals surface area contributed by atoms with Crippen molar-refractivity contribution in [3.05, 3.63) is 29.7 Å². The highest BCUT2D eigenvalue weighted by Gasteiger charge is 2.27. The van der Waals surface area contributed by atoms with Crippen LogP contribution in [0.3, 0.4) is 0 Å². The molecule has 3 heterocycles. The van der Waals surface area contributed by atoms with E-state index in [1.54, 1.807) is 0 Å². The zero-order valence-electron chi connectivity index (χ0n) is 14.5. The molecule has 2 aromatic heterocycles. The van der Waals surface area contributed by atoms with Crippen LogP contribution < -0.4 is 10.2 Å². The number of carbonyl (C=O) groups is 1. The van der Waals surface area contributed by atoms with Crippen LogP contribution in [0.4, 0.5) is 11.8 Å². The van der Waals surface area contributed by atoms with Gasteiger partial charge in [-0.3, -0.25) is 15.2 Å². The Morgan fingerprint density at radius 3 is 2.68 bits per heavy atom. The van der Waals surface area contributed by atoms with E-state index in [-0.39, 0.29) is 11.8 Å². The fourth-order valence-electron chi connectivity index (χ4n) is 3.42. The number of anilines is 2. The summed E-state index contributed by atoms with van der Waals surface area (Å²) in [6.07, 6.45) is 7.10. The van der Waals surface area contributed by atoms with E-state index in [9.17, 15) is 4.79 Å². The predicted molar refractivity (Wildman–Crippen MR) is 95.5 cm³/mol. The highest BCUT2D eigenvalue weighted by Crippen LogP contribution is 2.34. The number of carbonyl (C=O) groups excluding carboxylic acids is 1. The fraction of sp³-hybridized carbons (Fsp3) is 0.556. The van der Waals surface area contributed by atoms with Gasteiger partial charge >= 0.3 is 0 Å². The van der Waals surface area contributed by atoms with Crippen LogP contribution >= 0.6 is 0 Å². The van der Waals surface area contributed by atoms with Gasteiger partial charge in [0.1, 0.15) is 11.6 Å². The standard InChI is InChI=1S/C18H24N6O/c1-12-5-6-15(19-11-12)24-9-7-14(8-10-24)17(25)21-18-20-16(22-23-18)13-3-2-4-13/h5-6,11,13-14H,2-4,7-10H2,1H3,(H2,20,21,22,23,25). The maximum absolute atomic E-state index is 12.5. The number of aromatic nitrogens is 4. The van der Waals surface area contributed by atoms with Crippen LogP contribution in [-0.4, -0.2) is 39.2 Å². The van der Waals surface area contributed by atoms with Crippen LogP contribution in [0.25, 0.3) is 0 Å². The summed E-state index contributed by atoms with van der Waals surface area (Å²) in [6.45, 7) is 3.72. The maximum Gasteiger partial charge on any atom is 0.248 e. The van der Waals surface area contributed by atoms with E-state index < -0.39 is 0 Å². The Balaban J connectivity index is 1.30. The molecule has 0 radical (unpaired) electrons. The molecule has 2 aromatic rings. The van der Waals surface area contributed by atoms with Gasteiger partial charge in [-0.25, -0.2) is 4.98 Å². The number of nitrogens with one attached hydrogen (secondary N) is 2. The summed E-state index contributed by atoms with van der Waals surface area (Å²) in [4.78, 5) is 23.6. The second kappa shape index (κ2) is 6.82. The van der Waals surface area contributed by atoms with Gasteiger partial charge in [0, 0.05) is 31.1 Å². The molecule has 25 heavy (non-hydrogen) atoms. The summed E-state index contributed by atoms with van der Waals surface area (Å²) in [5, 5.41) is 9.96. The molecule has 4 rings (SSSR count). The molecule has 0 unspecified atom stereocenters. The molecular formula is C18H24N6O. The van der Waals surface area contributed by atoms with Crippen molar-refractivity contribution >= 4 is 17.7 Å². The predicted octanol–water partition coefficient (Wildman–Crippen LogP) is 2.63. The molecule has 1 amide bonds. The Labute approximate surface area is 147 Å². The van der Waals surface area contributed by atoms with Crippen molar-refractivity contribution in [2.24, 2.45) is 5.92 Å². The van der Waals surface area contributed by atoms with E-state index in [2.05, 4.69) is 36.4 Å². The molecule has 0 atom stereocenters. The topological polar surface area (TPSA) is 86.8 Å². The number of aryl methyl sites for hydroxylation is 1. The molecule has 1 saturated carbocycles. The number of hydrogen-bond donors (Lipinski definition) is 2. The van der Waals surface area contributed by atoms with Crippen molar-refractivity contribution in [1.82, 2.24) is 20.2 Å². The molecule has 2 aliphatic rings. The first kappa shape index (κ1) is 16.1. The second-order valence-corrected chi connectivity index (χ2v) is 7.12. The Morgan fingerprint density at radius 1 is 1.24 bits per heavy atom. The fourth-order valence-corrected chi connectivity index (χ4v) is 3.42. The van der Waals surface area contributed by atoms with Crippen LogP contribution in [0, 0.1) is 12.8 Å². The van der Waals surface area contributed by atoms with Gasteiger partial charge in [-0.2, -0.15) is 4.98 Å². The lowest BCUT2D eigenvalue weighted by atomic mass is 9.85. The second-order valence-electron chi connectivity index (χ2n) is 7.12. The number of H-pyrrole nitrogens is 1. The number of nitrogens with zero attached hydrogens (tertiary/aromatic N) is 4. The van der Waals surface area contributed by atoms with E-state index in [1.165, 1.54) is 6.42 Å². The summed E-state index contributed by atoms with van der Waals surface area (Å²) < 4.78 is 0. The quantitative estimate of drug-likeness (QED) is 0.893. The van der Waals surface area contributed by atoms with Crippen molar-refractivity contribution in [2.45, 2.75) is 44.9 Å². The van der Waals surface area contributed by atoms with E-state index in [4.69, 9.17) is 0 Å². The Hall–Kier alpha value is -2.44. The Bertz CT molecular complexity index is 728. The number of piperidine rings is 1. The summed E-state index contributed by atoms with van der Waals surface area (Å²) in [5.74, 6) is 2.83. The van der Waals surface area contributed by atoms with Crippen LogP contribution in [-0.2, 0) is 4.79 Å². The zero-order valence-corrected chi connectivity index (χ0v) is 14.5. The van der Waals surface area contributed by atoms with Crippen molar-refractivity contribution in [2.75, 3.05) is 23.3 Å². The van der Waals surface area contributed by atoms with Gasteiger partial charge in [0.05, 0.1) is 0 Å². The monoisotopic (exact) mass is 340 g/mol. The number of rotatable bonds is 4. The minimum Gasteiger partial charge on any atom is -0.357 e. The van der Waals surface area contributed by atoms with Gasteiger partial charge in [0.15, 0.2) is 0 Å². The third-order valence-electron chi connectivity index (χ3n) is 5.32.